The van der Waals surface area contributed by atoms with Crippen LogP contribution in [0.2, 0.25) is 5.02 Å². The standard InChI is InChI=1S/C28H27ClFN3O3S/c1-18-8-9-33-24(13-20-16-32(10-11-36-20)28(34)35-2)27(31-26(33)12-18)21-14-23(30)25(15-22(21)29)37-17-19-6-4-3-5-7-19/h3-9,12,14-15,20H,10-11,13,16-17H2,1-2H3. The van der Waals surface area contributed by atoms with E-state index in [-0.39, 0.29) is 18.0 Å². The summed E-state index contributed by atoms with van der Waals surface area (Å²) in [6.07, 6.45) is 1.77. The van der Waals surface area contributed by atoms with Crippen molar-refractivity contribution in [2.45, 2.75) is 30.1 Å². The summed E-state index contributed by atoms with van der Waals surface area (Å²) in [6, 6.07) is 17.0. The minimum Gasteiger partial charge on any atom is -0.453 e. The maximum absolute atomic E-state index is 15.3. The van der Waals surface area contributed by atoms with Gasteiger partial charge in [-0.25, -0.2) is 14.2 Å². The molecule has 1 fully saturated rings. The number of methoxy groups -OCH3 is 1. The Morgan fingerprint density at radius 2 is 2.05 bits per heavy atom. The van der Waals surface area contributed by atoms with Crippen molar-refractivity contribution >= 4 is 35.1 Å². The number of ether oxygens (including phenoxy) is 2. The zero-order valence-corrected chi connectivity index (χ0v) is 22.2. The Hall–Kier alpha value is -3.07. The first-order valence-electron chi connectivity index (χ1n) is 12.0. The molecule has 9 heteroatoms. The molecule has 1 aliphatic heterocycles. The molecule has 4 aromatic rings. The van der Waals surface area contributed by atoms with E-state index in [0.29, 0.717) is 53.0 Å². The minimum absolute atomic E-state index is 0.267. The smallest absolute Gasteiger partial charge is 0.409 e. The number of nitrogens with zero attached hydrogens (tertiary/aromatic N) is 3. The molecule has 0 saturated carbocycles. The largest absolute Gasteiger partial charge is 0.453 e. The number of halogens is 2. The van der Waals surface area contributed by atoms with E-state index in [2.05, 4.69) is 0 Å². The van der Waals surface area contributed by atoms with Crippen LogP contribution < -0.4 is 0 Å². The van der Waals surface area contributed by atoms with E-state index < -0.39 is 0 Å². The van der Waals surface area contributed by atoms with Gasteiger partial charge in [-0.3, -0.25) is 0 Å². The average Bonchev–Trinajstić information content (AvgIpc) is 3.25. The van der Waals surface area contributed by atoms with E-state index in [1.54, 1.807) is 11.0 Å². The zero-order chi connectivity index (χ0) is 25.9. The molecule has 0 radical (unpaired) electrons. The highest BCUT2D eigenvalue weighted by Crippen LogP contribution is 2.37. The predicted molar refractivity (Wildman–Crippen MR) is 144 cm³/mol. The Morgan fingerprint density at radius 3 is 2.84 bits per heavy atom. The monoisotopic (exact) mass is 539 g/mol. The molecule has 3 heterocycles. The number of pyridine rings is 1. The van der Waals surface area contributed by atoms with Crippen LogP contribution in [0.25, 0.3) is 16.9 Å². The highest BCUT2D eigenvalue weighted by molar-refractivity contribution is 7.98. The molecule has 6 nitrogen and oxygen atoms in total. The van der Waals surface area contributed by atoms with Crippen molar-refractivity contribution in [1.82, 2.24) is 14.3 Å². The van der Waals surface area contributed by atoms with Gasteiger partial charge in [0.25, 0.3) is 0 Å². The third kappa shape index (κ3) is 5.61. The summed E-state index contributed by atoms with van der Waals surface area (Å²) in [4.78, 5) is 19.1. The van der Waals surface area contributed by atoms with Crippen LogP contribution >= 0.6 is 23.4 Å². The summed E-state index contributed by atoms with van der Waals surface area (Å²) in [5.41, 5.74) is 4.89. The molecule has 1 saturated heterocycles. The van der Waals surface area contributed by atoms with Gasteiger partial charge in [0.1, 0.15) is 11.5 Å². The Bertz CT molecular complexity index is 1430. The molecule has 0 aliphatic carbocycles. The molecule has 37 heavy (non-hydrogen) atoms. The number of hydrogen-bond acceptors (Lipinski definition) is 5. The molecule has 2 aromatic carbocycles. The Labute approximate surface area is 224 Å². The summed E-state index contributed by atoms with van der Waals surface area (Å²) in [7, 11) is 1.37. The highest BCUT2D eigenvalue weighted by atomic mass is 35.5. The van der Waals surface area contributed by atoms with Crippen LogP contribution in [0.15, 0.2) is 65.7 Å². The Balaban J connectivity index is 1.48. The lowest BCUT2D eigenvalue weighted by Crippen LogP contribution is -2.46. The zero-order valence-electron chi connectivity index (χ0n) is 20.6. The molecule has 1 aliphatic rings. The predicted octanol–water partition coefficient (Wildman–Crippen LogP) is 6.40. The molecule has 1 amide bonds. The first-order chi connectivity index (χ1) is 17.9. The van der Waals surface area contributed by atoms with Gasteiger partial charge in [-0.2, -0.15) is 0 Å². The number of carbonyl (C=O) groups excluding carboxylic acids is 1. The van der Waals surface area contributed by atoms with Crippen LogP contribution in [0, 0.1) is 12.7 Å². The third-order valence-corrected chi connectivity index (χ3v) is 7.80. The van der Waals surface area contributed by atoms with E-state index in [4.69, 9.17) is 26.1 Å². The number of thioether (sulfide) groups is 1. The first kappa shape index (κ1) is 25.6. The van der Waals surface area contributed by atoms with Gasteiger partial charge in [0.2, 0.25) is 0 Å². The number of morpholine rings is 1. The summed E-state index contributed by atoms with van der Waals surface area (Å²) >= 11 is 8.15. The number of fused-ring (bicyclic) bond motifs is 1. The molecule has 0 N–H and O–H groups in total. The quantitative estimate of drug-likeness (QED) is 0.265. The number of aromatic nitrogens is 2. The van der Waals surface area contributed by atoms with Gasteiger partial charge in [0.15, 0.2) is 0 Å². The van der Waals surface area contributed by atoms with E-state index in [1.807, 2.05) is 60.0 Å². The van der Waals surface area contributed by atoms with E-state index in [0.717, 1.165) is 22.5 Å². The van der Waals surface area contributed by atoms with Crippen LogP contribution in [-0.2, 0) is 21.6 Å². The topological polar surface area (TPSA) is 56.1 Å². The fourth-order valence-electron chi connectivity index (χ4n) is 4.52. The second-order valence-corrected chi connectivity index (χ2v) is 10.4. The lowest BCUT2D eigenvalue weighted by atomic mass is 10.0. The number of benzene rings is 2. The average molecular weight is 540 g/mol. The van der Waals surface area contributed by atoms with Gasteiger partial charge in [0, 0.05) is 35.4 Å². The molecule has 0 spiro atoms. The fourth-order valence-corrected chi connectivity index (χ4v) is 5.75. The van der Waals surface area contributed by atoms with Crippen LogP contribution in [0.3, 0.4) is 0 Å². The molecule has 2 aromatic heterocycles. The van der Waals surface area contributed by atoms with Crippen molar-refractivity contribution in [2.75, 3.05) is 26.8 Å². The Kier molecular flexibility index (Phi) is 7.69. The number of hydrogen-bond donors (Lipinski definition) is 0. The van der Waals surface area contributed by atoms with Gasteiger partial charge >= 0.3 is 6.09 Å². The van der Waals surface area contributed by atoms with Gasteiger partial charge in [-0.1, -0.05) is 41.9 Å². The van der Waals surface area contributed by atoms with Crippen LogP contribution in [0.5, 0.6) is 0 Å². The fraction of sp³-hybridized carbons (Fsp3) is 0.286. The summed E-state index contributed by atoms with van der Waals surface area (Å²) in [5, 5.41) is 0.430. The number of imidazole rings is 1. The van der Waals surface area contributed by atoms with Crippen LogP contribution in [0.4, 0.5) is 9.18 Å². The Morgan fingerprint density at radius 1 is 1.24 bits per heavy atom. The second kappa shape index (κ2) is 11.1. The van der Waals surface area contributed by atoms with E-state index in [9.17, 15) is 4.79 Å². The van der Waals surface area contributed by atoms with Crippen molar-refractivity contribution in [1.29, 1.82) is 0 Å². The SMILES string of the molecule is COC(=O)N1CCOC(Cc2c(-c3cc(F)c(SCc4ccccc4)cc3Cl)nc3cc(C)ccn23)C1. The maximum Gasteiger partial charge on any atom is 0.409 e. The minimum atomic E-state index is -0.379. The molecule has 1 atom stereocenters. The van der Waals surface area contributed by atoms with Crippen molar-refractivity contribution in [3.63, 3.8) is 0 Å². The number of rotatable bonds is 6. The van der Waals surface area contributed by atoms with Crippen LogP contribution in [0.1, 0.15) is 16.8 Å². The van der Waals surface area contributed by atoms with Crippen molar-refractivity contribution in [3.05, 3.63) is 88.5 Å². The van der Waals surface area contributed by atoms with Crippen LogP contribution in [-0.4, -0.2) is 53.3 Å². The lowest BCUT2D eigenvalue weighted by molar-refractivity contribution is -0.0241. The molecule has 5 rings (SSSR count). The third-order valence-electron chi connectivity index (χ3n) is 6.39. The van der Waals surface area contributed by atoms with Gasteiger partial charge in [0.05, 0.1) is 42.8 Å². The second-order valence-electron chi connectivity index (χ2n) is 8.99. The van der Waals surface area contributed by atoms with Crippen molar-refractivity contribution in [2.24, 2.45) is 0 Å². The van der Waals surface area contributed by atoms with E-state index in [1.165, 1.54) is 24.9 Å². The number of carbonyl (C=O) groups is 1. The van der Waals surface area contributed by atoms with E-state index >= 15 is 4.39 Å². The molecule has 1 unspecified atom stereocenters. The molecule has 0 bridgehead atoms. The normalized spacial score (nSPS) is 15.8. The summed E-state index contributed by atoms with van der Waals surface area (Å²) < 4.78 is 28.2. The number of aryl methyl sites for hydroxylation is 1. The first-order valence-corrected chi connectivity index (χ1v) is 13.4. The van der Waals surface area contributed by atoms with Gasteiger partial charge < -0.3 is 18.8 Å². The van der Waals surface area contributed by atoms with Crippen molar-refractivity contribution < 1.29 is 18.7 Å². The van der Waals surface area contributed by atoms with Crippen molar-refractivity contribution in [3.8, 4) is 11.3 Å². The summed E-state index contributed by atoms with van der Waals surface area (Å²) in [5.74, 6) is 0.299. The van der Waals surface area contributed by atoms with Gasteiger partial charge in [-0.15, -0.1) is 11.8 Å². The lowest BCUT2D eigenvalue weighted by Gasteiger charge is -2.32. The molecular weight excluding hydrogens is 513 g/mol. The number of amides is 1. The van der Waals surface area contributed by atoms with Gasteiger partial charge in [-0.05, 0) is 42.3 Å². The highest BCUT2D eigenvalue weighted by Gasteiger charge is 2.28. The molecular formula is C28H27ClFN3O3S. The summed E-state index contributed by atoms with van der Waals surface area (Å²) in [6.45, 7) is 3.27. The molecule has 192 valence electrons. The maximum atomic E-state index is 15.3.